The molecule has 0 spiro atoms. The first-order chi connectivity index (χ1) is 4.43. The van der Waals surface area contributed by atoms with E-state index in [9.17, 15) is 0 Å². The number of ether oxygens (including phenoxy) is 1. The lowest BCUT2D eigenvalue weighted by molar-refractivity contribution is 0.0105. The van der Waals surface area contributed by atoms with Crippen LogP contribution in [0.25, 0.3) is 0 Å². The van der Waals surface area contributed by atoms with Gasteiger partial charge in [0.05, 0.1) is 13.2 Å². The van der Waals surface area contributed by atoms with Crippen LogP contribution in [0.1, 0.15) is 6.92 Å². The maximum absolute atomic E-state index is 5.14. The van der Waals surface area contributed by atoms with Crippen LogP contribution in [-0.4, -0.2) is 37.9 Å². The Balaban J connectivity index is 2.08. The SMILES string of the molecule is CC[N]N1CCOCC1. The maximum Gasteiger partial charge on any atom is 0.0608 e. The van der Waals surface area contributed by atoms with E-state index >= 15 is 0 Å². The molecular weight excluding hydrogens is 116 g/mol. The van der Waals surface area contributed by atoms with E-state index in [0.717, 1.165) is 32.8 Å². The van der Waals surface area contributed by atoms with Crippen molar-refractivity contribution >= 4 is 0 Å². The van der Waals surface area contributed by atoms with Crippen LogP contribution in [0.3, 0.4) is 0 Å². The minimum atomic E-state index is 0.837. The summed E-state index contributed by atoms with van der Waals surface area (Å²) < 4.78 is 5.14. The van der Waals surface area contributed by atoms with Crippen LogP contribution in [0.5, 0.6) is 0 Å². The molecule has 1 aliphatic heterocycles. The molecule has 3 heteroatoms. The van der Waals surface area contributed by atoms with E-state index in [1.165, 1.54) is 0 Å². The molecule has 9 heavy (non-hydrogen) atoms. The van der Waals surface area contributed by atoms with Gasteiger partial charge < -0.3 is 4.74 Å². The van der Waals surface area contributed by atoms with Crippen molar-refractivity contribution in [2.75, 3.05) is 32.8 Å². The van der Waals surface area contributed by atoms with Crippen LogP contribution in [-0.2, 0) is 4.74 Å². The first-order valence-corrected chi connectivity index (χ1v) is 3.43. The summed E-state index contributed by atoms with van der Waals surface area (Å²) in [6.07, 6.45) is 0. The summed E-state index contributed by atoms with van der Waals surface area (Å²) in [5.74, 6) is 0. The molecule has 0 amide bonds. The number of rotatable bonds is 2. The Morgan fingerprint density at radius 1 is 1.44 bits per heavy atom. The Labute approximate surface area is 56.0 Å². The monoisotopic (exact) mass is 129 g/mol. The molecule has 53 valence electrons. The summed E-state index contributed by atoms with van der Waals surface area (Å²) in [5.41, 5.74) is 4.24. The summed E-state index contributed by atoms with van der Waals surface area (Å²) in [5, 5.41) is 2.07. The third-order valence-electron chi connectivity index (χ3n) is 1.33. The van der Waals surface area contributed by atoms with Crippen LogP contribution in [0.15, 0.2) is 0 Å². The van der Waals surface area contributed by atoms with Crippen molar-refractivity contribution in [2.45, 2.75) is 6.92 Å². The Morgan fingerprint density at radius 2 is 2.11 bits per heavy atom. The van der Waals surface area contributed by atoms with Gasteiger partial charge in [-0.1, -0.05) is 0 Å². The molecule has 1 aliphatic rings. The fraction of sp³-hybridized carbons (Fsp3) is 1.00. The number of hydrogen-bond donors (Lipinski definition) is 0. The normalized spacial score (nSPS) is 22.3. The number of morpholine rings is 1. The highest BCUT2D eigenvalue weighted by Gasteiger charge is 2.08. The topological polar surface area (TPSA) is 26.6 Å². The maximum atomic E-state index is 5.14. The molecule has 1 heterocycles. The van der Waals surface area contributed by atoms with Crippen molar-refractivity contribution in [3.8, 4) is 0 Å². The molecule has 1 radical (unpaired) electrons. The summed E-state index contributed by atoms with van der Waals surface area (Å²) in [4.78, 5) is 0. The predicted molar refractivity (Wildman–Crippen MR) is 35.1 cm³/mol. The van der Waals surface area contributed by atoms with Gasteiger partial charge in [-0.15, -0.1) is 0 Å². The smallest absolute Gasteiger partial charge is 0.0608 e. The zero-order chi connectivity index (χ0) is 6.53. The standard InChI is InChI=1S/C6H13N2O/c1-2-7-8-3-5-9-6-4-8/h2-6H2,1H3. The van der Waals surface area contributed by atoms with Crippen molar-refractivity contribution in [3.63, 3.8) is 0 Å². The van der Waals surface area contributed by atoms with Crippen LogP contribution in [0, 0.1) is 0 Å². The molecule has 0 aromatic rings. The molecule has 3 nitrogen and oxygen atoms in total. The molecule has 1 rings (SSSR count). The molecule has 0 bridgehead atoms. The highest BCUT2D eigenvalue weighted by Crippen LogP contribution is 1.92. The fourth-order valence-electron chi connectivity index (χ4n) is 0.895. The van der Waals surface area contributed by atoms with Crippen LogP contribution in [0.2, 0.25) is 0 Å². The van der Waals surface area contributed by atoms with Gasteiger partial charge in [0.15, 0.2) is 0 Å². The van der Waals surface area contributed by atoms with E-state index in [0.29, 0.717) is 0 Å². The largest absolute Gasteiger partial charge is 0.379 e. The molecular formula is C6H13N2O. The molecule has 0 aromatic heterocycles. The first kappa shape index (κ1) is 6.99. The van der Waals surface area contributed by atoms with E-state index in [1.54, 1.807) is 0 Å². The van der Waals surface area contributed by atoms with E-state index in [-0.39, 0.29) is 0 Å². The van der Waals surface area contributed by atoms with E-state index in [4.69, 9.17) is 4.74 Å². The fourth-order valence-corrected chi connectivity index (χ4v) is 0.895. The molecule has 0 aromatic carbocycles. The third-order valence-corrected chi connectivity index (χ3v) is 1.33. The van der Waals surface area contributed by atoms with Crippen LogP contribution < -0.4 is 5.43 Å². The Morgan fingerprint density at radius 3 is 2.67 bits per heavy atom. The zero-order valence-electron chi connectivity index (χ0n) is 5.84. The zero-order valence-corrected chi connectivity index (χ0v) is 5.84. The lowest BCUT2D eigenvalue weighted by Gasteiger charge is -2.24. The first-order valence-electron chi connectivity index (χ1n) is 3.43. The minimum Gasteiger partial charge on any atom is -0.379 e. The summed E-state index contributed by atoms with van der Waals surface area (Å²) >= 11 is 0. The van der Waals surface area contributed by atoms with Crippen molar-refractivity contribution < 1.29 is 4.74 Å². The summed E-state index contributed by atoms with van der Waals surface area (Å²) in [7, 11) is 0. The van der Waals surface area contributed by atoms with Gasteiger partial charge in [0, 0.05) is 19.6 Å². The lowest BCUT2D eigenvalue weighted by atomic mass is 10.5. The average Bonchev–Trinajstić information content (AvgIpc) is 1.91. The van der Waals surface area contributed by atoms with Crippen molar-refractivity contribution in [1.29, 1.82) is 0 Å². The second-order valence-electron chi connectivity index (χ2n) is 2.02. The average molecular weight is 129 g/mol. The van der Waals surface area contributed by atoms with Crippen LogP contribution in [0.4, 0.5) is 0 Å². The van der Waals surface area contributed by atoms with Crippen molar-refractivity contribution in [1.82, 2.24) is 10.4 Å². The van der Waals surface area contributed by atoms with Crippen molar-refractivity contribution in [2.24, 2.45) is 0 Å². The van der Waals surface area contributed by atoms with Gasteiger partial charge >= 0.3 is 0 Å². The van der Waals surface area contributed by atoms with E-state index < -0.39 is 0 Å². The van der Waals surface area contributed by atoms with Gasteiger partial charge in [-0.05, 0) is 6.92 Å². The number of hydrogen-bond acceptors (Lipinski definition) is 2. The Bertz CT molecular complexity index is 68.7. The molecule has 0 N–H and O–H groups in total. The van der Waals surface area contributed by atoms with E-state index in [2.05, 4.69) is 17.4 Å². The lowest BCUT2D eigenvalue weighted by Crippen LogP contribution is -2.41. The molecule has 0 saturated carbocycles. The highest BCUT2D eigenvalue weighted by molar-refractivity contribution is 4.54. The highest BCUT2D eigenvalue weighted by atomic mass is 16.5. The van der Waals surface area contributed by atoms with Gasteiger partial charge in [-0.3, -0.25) is 0 Å². The van der Waals surface area contributed by atoms with Crippen LogP contribution >= 0.6 is 0 Å². The summed E-state index contributed by atoms with van der Waals surface area (Å²) in [6, 6.07) is 0. The van der Waals surface area contributed by atoms with Crippen molar-refractivity contribution in [3.05, 3.63) is 0 Å². The van der Waals surface area contributed by atoms with Gasteiger partial charge in [-0.2, -0.15) is 5.43 Å². The van der Waals surface area contributed by atoms with Gasteiger partial charge in [-0.25, -0.2) is 5.01 Å². The second-order valence-corrected chi connectivity index (χ2v) is 2.02. The molecule has 0 atom stereocenters. The molecule has 1 fully saturated rings. The second kappa shape index (κ2) is 3.82. The minimum absolute atomic E-state index is 0.837. The van der Waals surface area contributed by atoms with Gasteiger partial charge in [0.25, 0.3) is 0 Å². The number of nitrogens with zero attached hydrogens (tertiary/aromatic N) is 2. The quantitative estimate of drug-likeness (QED) is 0.518. The van der Waals surface area contributed by atoms with Gasteiger partial charge in [0.2, 0.25) is 0 Å². The molecule has 1 saturated heterocycles. The Hall–Kier alpha value is -0.120. The third kappa shape index (κ3) is 2.30. The van der Waals surface area contributed by atoms with E-state index in [1.807, 2.05) is 0 Å². The van der Waals surface area contributed by atoms with Gasteiger partial charge in [0.1, 0.15) is 0 Å². The Kier molecular flexibility index (Phi) is 2.97. The predicted octanol–water partition coefficient (Wildman–Crippen LogP) is -0.142. The summed E-state index contributed by atoms with van der Waals surface area (Å²) in [6.45, 7) is 6.55. The molecule has 0 aliphatic carbocycles. The molecule has 0 unspecified atom stereocenters.